The van der Waals surface area contributed by atoms with Crippen molar-refractivity contribution in [3.05, 3.63) is 23.5 Å². The van der Waals surface area contributed by atoms with Gasteiger partial charge in [0.15, 0.2) is 17.3 Å². The fourth-order valence-corrected chi connectivity index (χ4v) is 1.74. The maximum atomic E-state index is 13.8. The van der Waals surface area contributed by atoms with Gasteiger partial charge in [-0.05, 0) is 12.5 Å². The largest absolute Gasteiger partial charge is 0.493 e. The Bertz CT molecular complexity index is 416. The van der Waals surface area contributed by atoms with Crippen LogP contribution in [0.15, 0.2) is 12.1 Å². The van der Waals surface area contributed by atoms with Crippen LogP contribution in [0.1, 0.15) is 43.0 Å². The third-order valence-corrected chi connectivity index (χ3v) is 2.78. The van der Waals surface area contributed by atoms with Crippen LogP contribution in [-0.4, -0.2) is 20.0 Å². The molecule has 0 aliphatic carbocycles. The van der Waals surface area contributed by atoms with E-state index in [1.54, 1.807) is 0 Å². The molecule has 18 heavy (non-hydrogen) atoms. The first-order valence-corrected chi connectivity index (χ1v) is 6.08. The van der Waals surface area contributed by atoms with E-state index in [0.717, 1.165) is 19.3 Å². The number of carbonyl (C=O) groups is 1. The van der Waals surface area contributed by atoms with E-state index in [4.69, 9.17) is 9.47 Å². The highest BCUT2D eigenvalue weighted by atomic mass is 19.1. The maximum absolute atomic E-state index is 13.8. The Morgan fingerprint density at radius 2 is 1.78 bits per heavy atom. The summed E-state index contributed by atoms with van der Waals surface area (Å²) >= 11 is 0. The molecule has 0 heterocycles. The fourth-order valence-electron chi connectivity index (χ4n) is 1.74. The van der Waals surface area contributed by atoms with E-state index in [-0.39, 0.29) is 11.3 Å². The van der Waals surface area contributed by atoms with Crippen molar-refractivity contribution in [2.75, 3.05) is 14.2 Å². The number of rotatable bonds is 7. The fraction of sp³-hybridized carbons (Fsp3) is 0.500. The van der Waals surface area contributed by atoms with Gasteiger partial charge in [-0.25, -0.2) is 4.39 Å². The Labute approximate surface area is 107 Å². The number of hydrogen-bond donors (Lipinski definition) is 0. The summed E-state index contributed by atoms with van der Waals surface area (Å²) in [5.41, 5.74) is 0.0729. The predicted octanol–water partition coefficient (Wildman–Crippen LogP) is 3.61. The van der Waals surface area contributed by atoms with E-state index < -0.39 is 5.82 Å². The summed E-state index contributed by atoms with van der Waals surface area (Å²) in [6.45, 7) is 2.06. The molecular formula is C14H19FO3. The molecule has 0 N–H and O–H groups in total. The van der Waals surface area contributed by atoms with Crippen LogP contribution in [-0.2, 0) is 0 Å². The van der Waals surface area contributed by atoms with Gasteiger partial charge in [0.2, 0.25) is 0 Å². The molecule has 0 amide bonds. The minimum Gasteiger partial charge on any atom is -0.493 e. The van der Waals surface area contributed by atoms with Crippen LogP contribution >= 0.6 is 0 Å². The van der Waals surface area contributed by atoms with Crippen LogP contribution in [0.25, 0.3) is 0 Å². The van der Waals surface area contributed by atoms with E-state index in [1.165, 1.54) is 26.4 Å². The van der Waals surface area contributed by atoms with Crippen LogP contribution in [0.3, 0.4) is 0 Å². The predicted molar refractivity (Wildman–Crippen MR) is 68.0 cm³/mol. The zero-order chi connectivity index (χ0) is 13.5. The number of methoxy groups -OCH3 is 2. The molecule has 0 radical (unpaired) electrons. The van der Waals surface area contributed by atoms with Crippen molar-refractivity contribution in [1.29, 1.82) is 0 Å². The molecule has 0 spiro atoms. The molecule has 1 aromatic carbocycles. The molecule has 0 saturated carbocycles. The van der Waals surface area contributed by atoms with Crippen LogP contribution in [0.4, 0.5) is 4.39 Å². The summed E-state index contributed by atoms with van der Waals surface area (Å²) < 4.78 is 23.8. The van der Waals surface area contributed by atoms with Gasteiger partial charge in [-0.15, -0.1) is 0 Å². The number of unbranched alkanes of at least 4 members (excludes halogenated alkanes) is 2. The highest BCUT2D eigenvalue weighted by Gasteiger charge is 2.16. The van der Waals surface area contributed by atoms with Gasteiger partial charge < -0.3 is 9.47 Å². The zero-order valence-electron chi connectivity index (χ0n) is 11.1. The Morgan fingerprint density at radius 3 is 2.33 bits per heavy atom. The molecule has 0 aliphatic rings. The lowest BCUT2D eigenvalue weighted by Gasteiger charge is -2.10. The first-order chi connectivity index (χ1) is 8.63. The summed E-state index contributed by atoms with van der Waals surface area (Å²) in [5.74, 6) is -0.0890. The van der Waals surface area contributed by atoms with Crippen LogP contribution in [0.5, 0.6) is 11.5 Å². The average molecular weight is 254 g/mol. The molecule has 3 nitrogen and oxygen atoms in total. The molecule has 0 fully saturated rings. The summed E-state index contributed by atoms with van der Waals surface area (Å²) in [6, 6.07) is 2.59. The lowest BCUT2D eigenvalue weighted by atomic mass is 10.0. The number of Topliss-reactive ketones (excluding diaryl/α,β-unsaturated/α-hetero) is 1. The number of carbonyl (C=O) groups excluding carboxylic acids is 1. The van der Waals surface area contributed by atoms with Gasteiger partial charge in [-0.3, -0.25) is 4.79 Å². The van der Waals surface area contributed by atoms with Crippen molar-refractivity contribution < 1.29 is 18.7 Å². The van der Waals surface area contributed by atoms with Crippen molar-refractivity contribution in [3.63, 3.8) is 0 Å². The molecular weight excluding hydrogens is 235 g/mol. The monoisotopic (exact) mass is 254 g/mol. The molecule has 0 bridgehead atoms. The number of ether oxygens (including phenoxy) is 2. The minimum atomic E-state index is -0.561. The van der Waals surface area contributed by atoms with Gasteiger partial charge in [-0.2, -0.15) is 0 Å². The van der Waals surface area contributed by atoms with Gasteiger partial charge in [0, 0.05) is 12.5 Å². The van der Waals surface area contributed by atoms with E-state index in [2.05, 4.69) is 6.92 Å². The number of benzene rings is 1. The Kier molecular flexibility index (Phi) is 5.62. The Balaban J connectivity index is 2.91. The molecule has 1 rings (SSSR count). The maximum Gasteiger partial charge on any atom is 0.165 e. The lowest BCUT2D eigenvalue weighted by molar-refractivity contribution is 0.0975. The van der Waals surface area contributed by atoms with E-state index in [9.17, 15) is 9.18 Å². The van der Waals surface area contributed by atoms with Crippen molar-refractivity contribution in [2.24, 2.45) is 0 Å². The number of ketones is 1. The molecule has 4 heteroatoms. The summed E-state index contributed by atoms with van der Waals surface area (Å²) in [7, 11) is 2.89. The highest BCUT2D eigenvalue weighted by molar-refractivity contribution is 5.97. The molecule has 100 valence electrons. The Hall–Kier alpha value is -1.58. The summed E-state index contributed by atoms with van der Waals surface area (Å²) in [4.78, 5) is 11.9. The second-order valence-electron chi connectivity index (χ2n) is 4.07. The van der Waals surface area contributed by atoms with Crippen molar-refractivity contribution in [1.82, 2.24) is 0 Å². The highest BCUT2D eigenvalue weighted by Crippen LogP contribution is 2.30. The van der Waals surface area contributed by atoms with E-state index in [1.807, 2.05) is 0 Å². The lowest BCUT2D eigenvalue weighted by Crippen LogP contribution is -2.04. The van der Waals surface area contributed by atoms with Crippen LogP contribution < -0.4 is 9.47 Å². The summed E-state index contributed by atoms with van der Waals surface area (Å²) in [5, 5.41) is 0. The summed E-state index contributed by atoms with van der Waals surface area (Å²) in [6.07, 6.45) is 3.14. The first kappa shape index (κ1) is 14.5. The molecule has 0 aromatic heterocycles. The van der Waals surface area contributed by atoms with Crippen molar-refractivity contribution in [2.45, 2.75) is 32.6 Å². The molecule has 0 saturated heterocycles. The third kappa shape index (κ3) is 3.45. The minimum absolute atomic E-state index is 0.0729. The molecule has 0 aliphatic heterocycles. The van der Waals surface area contributed by atoms with Crippen molar-refractivity contribution in [3.8, 4) is 11.5 Å². The van der Waals surface area contributed by atoms with E-state index in [0.29, 0.717) is 17.9 Å². The average Bonchev–Trinajstić information content (AvgIpc) is 2.38. The topological polar surface area (TPSA) is 35.5 Å². The van der Waals surface area contributed by atoms with Crippen molar-refractivity contribution >= 4 is 5.78 Å². The first-order valence-electron chi connectivity index (χ1n) is 6.08. The second kappa shape index (κ2) is 6.99. The molecule has 1 aromatic rings. The Morgan fingerprint density at radius 1 is 1.17 bits per heavy atom. The van der Waals surface area contributed by atoms with Gasteiger partial charge in [0.1, 0.15) is 5.82 Å². The third-order valence-electron chi connectivity index (χ3n) is 2.78. The SMILES string of the molecule is CCCCCC(=O)c1cc(OC)c(OC)cc1F. The van der Waals surface area contributed by atoms with Crippen LogP contribution in [0.2, 0.25) is 0 Å². The smallest absolute Gasteiger partial charge is 0.165 e. The second-order valence-corrected chi connectivity index (χ2v) is 4.07. The quantitative estimate of drug-likeness (QED) is 0.551. The van der Waals surface area contributed by atoms with Gasteiger partial charge in [0.25, 0.3) is 0 Å². The van der Waals surface area contributed by atoms with Crippen LogP contribution in [0, 0.1) is 5.82 Å². The number of halogens is 1. The number of hydrogen-bond acceptors (Lipinski definition) is 3. The van der Waals surface area contributed by atoms with E-state index >= 15 is 0 Å². The van der Waals surface area contributed by atoms with Gasteiger partial charge in [-0.1, -0.05) is 19.8 Å². The zero-order valence-corrected chi connectivity index (χ0v) is 11.1. The van der Waals surface area contributed by atoms with Gasteiger partial charge in [0.05, 0.1) is 19.8 Å². The standard InChI is InChI=1S/C14H19FO3/c1-4-5-6-7-12(16)10-8-13(17-2)14(18-3)9-11(10)15/h8-9H,4-7H2,1-3H3. The van der Waals surface area contributed by atoms with Gasteiger partial charge >= 0.3 is 0 Å². The molecule has 0 atom stereocenters. The normalized spacial score (nSPS) is 10.2. The molecule has 0 unspecified atom stereocenters.